The van der Waals surface area contributed by atoms with E-state index >= 15 is 0 Å². The lowest BCUT2D eigenvalue weighted by atomic mass is 10.0. The lowest BCUT2D eigenvalue weighted by Gasteiger charge is -2.21. The van der Waals surface area contributed by atoms with Crippen molar-refractivity contribution < 1.29 is 13.6 Å². The smallest absolute Gasteiger partial charge is 0.164 e. The Kier molecular flexibility index (Phi) is 4.26. The third-order valence-electron chi connectivity index (χ3n) is 4.25. The van der Waals surface area contributed by atoms with Crippen molar-refractivity contribution in [3.05, 3.63) is 51.5 Å². The Morgan fingerprint density at radius 2 is 2.04 bits per heavy atom. The molecule has 0 radical (unpaired) electrons. The number of nitrogens with one attached hydrogen (secondary N) is 2. The maximum Gasteiger partial charge on any atom is 0.164 e. The van der Waals surface area contributed by atoms with Crippen molar-refractivity contribution in [1.82, 2.24) is 15.8 Å². The number of benzene rings is 1. The first-order valence-corrected chi connectivity index (χ1v) is 8.68. The molecule has 1 fully saturated rings. The van der Waals surface area contributed by atoms with Gasteiger partial charge in [-0.15, -0.1) is 11.3 Å². The van der Waals surface area contributed by atoms with Crippen molar-refractivity contribution >= 4 is 17.0 Å². The van der Waals surface area contributed by atoms with Gasteiger partial charge in [0.25, 0.3) is 0 Å². The zero-order chi connectivity index (χ0) is 16.5. The van der Waals surface area contributed by atoms with Gasteiger partial charge in [-0.1, -0.05) is 11.2 Å². The van der Waals surface area contributed by atoms with Crippen LogP contribution in [-0.2, 0) is 4.84 Å². The summed E-state index contributed by atoms with van der Waals surface area (Å²) in [5, 5.41) is 6.98. The summed E-state index contributed by atoms with van der Waals surface area (Å²) in [5.74, 6) is -0.861. The van der Waals surface area contributed by atoms with Crippen LogP contribution in [0.2, 0.25) is 0 Å². The van der Waals surface area contributed by atoms with Crippen LogP contribution in [0.4, 0.5) is 8.78 Å². The van der Waals surface area contributed by atoms with E-state index in [-0.39, 0.29) is 5.56 Å². The van der Waals surface area contributed by atoms with E-state index in [0.29, 0.717) is 18.1 Å². The third kappa shape index (κ3) is 2.92. The Balaban J connectivity index is 1.50. The van der Waals surface area contributed by atoms with Gasteiger partial charge in [0.1, 0.15) is 17.3 Å². The van der Waals surface area contributed by atoms with Crippen LogP contribution in [0.25, 0.3) is 0 Å². The molecule has 0 saturated carbocycles. The molecule has 1 aromatic heterocycles. The maximum absolute atomic E-state index is 13.9. The Morgan fingerprint density at radius 1 is 1.21 bits per heavy atom. The molecule has 1 aromatic carbocycles. The van der Waals surface area contributed by atoms with Crippen LogP contribution in [0.15, 0.2) is 28.7 Å². The van der Waals surface area contributed by atoms with Crippen molar-refractivity contribution in [2.24, 2.45) is 5.16 Å². The molecular formula is C16H16F2N4OS. The molecule has 126 valence electrons. The van der Waals surface area contributed by atoms with Crippen LogP contribution in [-0.4, -0.2) is 23.8 Å². The lowest BCUT2D eigenvalue weighted by Crippen LogP contribution is -2.41. The summed E-state index contributed by atoms with van der Waals surface area (Å²) in [6.07, 6.45) is 0.587. The van der Waals surface area contributed by atoms with E-state index < -0.39 is 17.7 Å². The highest BCUT2D eigenvalue weighted by atomic mass is 32.1. The molecule has 3 heterocycles. The Hall–Kier alpha value is -1.90. The number of halogens is 2. The van der Waals surface area contributed by atoms with E-state index in [2.05, 4.69) is 21.0 Å². The molecule has 24 heavy (non-hydrogen) atoms. The average Bonchev–Trinajstić information content (AvgIpc) is 3.25. The number of rotatable bonds is 3. The number of aromatic nitrogens is 1. The minimum Gasteiger partial charge on any atom is -0.387 e. The molecule has 5 nitrogen and oxygen atoms in total. The number of oxime groups is 1. The number of thiazole rings is 1. The van der Waals surface area contributed by atoms with Crippen LogP contribution in [0.5, 0.6) is 0 Å². The predicted octanol–water partition coefficient (Wildman–Crippen LogP) is 2.87. The summed E-state index contributed by atoms with van der Waals surface area (Å²) in [6.45, 7) is 1.73. The number of nitrogens with zero attached hydrogens (tertiary/aromatic N) is 2. The second kappa shape index (κ2) is 6.54. The van der Waals surface area contributed by atoms with Crippen molar-refractivity contribution in [2.75, 3.05) is 13.1 Å². The normalized spacial score (nSPS) is 23.8. The second-order valence-corrected chi connectivity index (χ2v) is 6.73. The van der Waals surface area contributed by atoms with Gasteiger partial charge in [-0.25, -0.2) is 13.8 Å². The van der Waals surface area contributed by atoms with Gasteiger partial charge in [0, 0.05) is 30.8 Å². The minimum absolute atomic E-state index is 0.0748. The molecule has 2 aromatic rings. The molecular weight excluding hydrogens is 334 g/mol. The van der Waals surface area contributed by atoms with Crippen molar-refractivity contribution in [1.29, 1.82) is 0 Å². The monoisotopic (exact) mass is 350 g/mol. The van der Waals surface area contributed by atoms with Crippen LogP contribution in [0.1, 0.15) is 41.1 Å². The summed E-state index contributed by atoms with van der Waals surface area (Å²) < 4.78 is 27.8. The topological polar surface area (TPSA) is 58.5 Å². The zero-order valence-corrected chi connectivity index (χ0v) is 13.6. The molecule has 2 aliphatic rings. The first-order valence-electron chi connectivity index (χ1n) is 7.80. The van der Waals surface area contributed by atoms with Gasteiger partial charge in [-0.2, -0.15) is 0 Å². The molecule has 0 bridgehead atoms. The molecule has 8 heteroatoms. The van der Waals surface area contributed by atoms with E-state index in [0.717, 1.165) is 30.2 Å². The van der Waals surface area contributed by atoms with Crippen LogP contribution in [0, 0.1) is 11.6 Å². The Bertz CT molecular complexity index is 753. The largest absolute Gasteiger partial charge is 0.387 e. The molecule has 2 atom stereocenters. The minimum atomic E-state index is -0.744. The zero-order valence-electron chi connectivity index (χ0n) is 12.8. The van der Waals surface area contributed by atoms with E-state index in [9.17, 15) is 8.78 Å². The van der Waals surface area contributed by atoms with Gasteiger partial charge in [0.15, 0.2) is 6.10 Å². The summed E-state index contributed by atoms with van der Waals surface area (Å²) in [7, 11) is 0. The van der Waals surface area contributed by atoms with Gasteiger partial charge in [-0.3, -0.25) is 10.9 Å². The summed E-state index contributed by atoms with van der Waals surface area (Å²) >= 11 is 1.58. The van der Waals surface area contributed by atoms with E-state index in [1.165, 1.54) is 18.2 Å². The maximum atomic E-state index is 13.9. The Morgan fingerprint density at radius 3 is 2.79 bits per heavy atom. The van der Waals surface area contributed by atoms with Gasteiger partial charge < -0.3 is 4.84 Å². The van der Waals surface area contributed by atoms with Gasteiger partial charge >= 0.3 is 0 Å². The molecule has 1 saturated heterocycles. The lowest BCUT2D eigenvalue weighted by molar-refractivity contribution is 0.0800. The molecule has 0 spiro atoms. The molecule has 0 aliphatic carbocycles. The fraction of sp³-hybridized carbons (Fsp3) is 0.375. The third-order valence-corrected chi connectivity index (χ3v) is 5.26. The highest BCUT2D eigenvalue weighted by Gasteiger charge is 2.30. The quantitative estimate of drug-likeness (QED) is 0.894. The highest BCUT2D eigenvalue weighted by Crippen LogP contribution is 2.33. The van der Waals surface area contributed by atoms with Gasteiger partial charge in [0.05, 0.1) is 16.3 Å². The van der Waals surface area contributed by atoms with E-state index in [1.54, 1.807) is 11.3 Å². The first-order chi connectivity index (χ1) is 11.7. The van der Waals surface area contributed by atoms with Crippen molar-refractivity contribution in [3.8, 4) is 0 Å². The van der Waals surface area contributed by atoms with Crippen molar-refractivity contribution in [3.63, 3.8) is 0 Å². The van der Waals surface area contributed by atoms with Crippen molar-refractivity contribution in [2.45, 2.75) is 24.9 Å². The SMILES string of the molecule is Fc1cccc(F)c1C1CC(c2csc(C3CCNNC3)n2)=NO1. The van der Waals surface area contributed by atoms with Gasteiger partial charge in [0.2, 0.25) is 0 Å². The summed E-state index contributed by atoms with van der Waals surface area (Å²) in [5.41, 5.74) is 7.51. The Labute approximate surface area is 141 Å². The summed E-state index contributed by atoms with van der Waals surface area (Å²) in [4.78, 5) is 9.91. The first kappa shape index (κ1) is 15.6. The van der Waals surface area contributed by atoms with Crippen LogP contribution < -0.4 is 10.9 Å². The van der Waals surface area contributed by atoms with Crippen LogP contribution >= 0.6 is 11.3 Å². The number of hydrogen-bond donors (Lipinski definition) is 2. The predicted molar refractivity (Wildman–Crippen MR) is 86.8 cm³/mol. The number of hydrazine groups is 1. The standard InChI is InChI=1S/C16H16F2N4OS/c17-10-2-1-3-11(18)15(10)14-6-12(22-23-14)13-8-24-16(21-13)9-4-5-19-20-7-9/h1-3,8-9,14,19-20H,4-7H2. The molecule has 4 rings (SSSR count). The molecule has 2 unspecified atom stereocenters. The molecule has 2 N–H and O–H groups in total. The second-order valence-electron chi connectivity index (χ2n) is 5.84. The fourth-order valence-electron chi connectivity index (χ4n) is 2.95. The average molecular weight is 350 g/mol. The van der Waals surface area contributed by atoms with E-state index in [1.807, 2.05) is 5.38 Å². The fourth-order valence-corrected chi connectivity index (χ4v) is 3.92. The molecule has 2 aliphatic heterocycles. The van der Waals surface area contributed by atoms with Gasteiger partial charge in [-0.05, 0) is 18.6 Å². The van der Waals surface area contributed by atoms with Crippen LogP contribution in [0.3, 0.4) is 0 Å². The molecule has 0 amide bonds. The highest BCUT2D eigenvalue weighted by molar-refractivity contribution is 7.10. The summed E-state index contributed by atoms with van der Waals surface area (Å²) in [6, 6.07) is 3.79. The number of hydrogen-bond acceptors (Lipinski definition) is 6. The van der Waals surface area contributed by atoms with E-state index in [4.69, 9.17) is 4.84 Å².